The first kappa shape index (κ1) is 28.3. The van der Waals surface area contributed by atoms with Gasteiger partial charge in [0.05, 0.1) is 35.4 Å². The van der Waals surface area contributed by atoms with Gasteiger partial charge in [0.15, 0.2) is 5.60 Å². The summed E-state index contributed by atoms with van der Waals surface area (Å²) >= 11 is 0. The first-order valence-corrected chi connectivity index (χ1v) is 14.0. The van der Waals surface area contributed by atoms with Crippen LogP contribution in [0.3, 0.4) is 0 Å². The van der Waals surface area contributed by atoms with Crippen LogP contribution in [0.5, 0.6) is 0 Å². The van der Waals surface area contributed by atoms with Crippen LogP contribution in [0.1, 0.15) is 71.7 Å². The van der Waals surface area contributed by atoms with E-state index in [4.69, 9.17) is 14.2 Å². The second-order valence-corrected chi connectivity index (χ2v) is 13.1. The lowest BCUT2D eigenvalue weighted by Crippen LogP contribution is -2.77. The molecule has 1 heterocycles. The van der Waals surface area contributed by atoms with Crippen molar-refractivity contribution in [1.82, 2.24) is 0 Å². The number of ether oxygens (including phenoxy) is 3. The highest BCUT2D eigenvalue weighted by atomic mass is 16.6. The molecule has 1 aliphatic heterocycles. The van der Waals surface area contributed by atoms with Crippen LogP contribution >= 0.6 is 0 Å². The number of carbonyl (C=O) groups excluding carboxylic acids is 2. The summed E-state index contributed by atoms with van der Waals surface area (Å²) in [5.41, 5.74) is -3.10. The molecule has 1 aromatic carbocycles. The van der Waals surface area contributed by atoms with E-state index in [9.17, 15) is 24.9 Å². The number of aliphatic hydroxyl groups is 3. The molecule has 0 bridgehead atoms. The number of hydrogen-bond acceptors (Lipinski definition) is 8. The van der Waals surface area contributed by atoms with Crippen LogP contribution in [-0.4, -0.2) is 69.5 Å². The summed E-state index contributed by atoms with van der Waals surface area (Å²) in [6.07, 6.45) is -2.69. The van der Waals surface area contributed by atoms with Crippen molar-refractivity contribution in [2.24, 2.45) is 28.6 Å². The standard InChI is InChI=1S/C31H42O8/c1-16-13-22-31(15-37-22,39-19(4)32)24-26(38-27(35)20-11-9-8-10-12-20)30(28(5,6)36)14-21(33)17(2)23(30)18(3)25(34)29(16,24)7/h8-12,16,18,21-22,24-26,33-34,36H,13-15H2,1-7H3/t16-,18-,21-,22+,24-,25-,26-,29+,30-,31-/m0/s1. The molecule has 4 aliphatic rings. The van der Waals surface area contributed by atoms with Crippen molar-refractivity contribution in [3.05, 3.63) is 47.0 Å². The van der Waals surface area contributed by atoms with Crippen molar-refractivity contribution < 1.29 is 39.1 Å². The van der Waals surface area contributed by atoms with Crippen molar-refractivity contribution >= 4 is 11.9 Å². The maximum Gasteiger partial charge on any atom is 0.338 e. The summed E-state index contributed by atoms with van der Waals surface area (Å²) in [6, 6.07) is 8.64. The van der Waals surface area contributed by atoms with Crippen LogP contribution in [-0.2, 0) is 19.0 Å². The van der Waals surface area contributed by atoms with Gasteiger partial charge in [0.25, 0.3) is 0 Å². The van der Waals surface area contributed by atoms with Gasteiger partial charge in [-0.3, -0.25) is 4.79 Å². The smallest absolute Gasteiger partial charge is 0.338 e. The van der Waals surface area contributed by atoms with E-state index in [1.54, 1.807) is 38.1 Å². The third-order valence-corrected chi connectivity index (χ3v) is 10.8. The van der Waals surface area contributed by atoms with Gasteiger partial charge in [0.2, 0.25) is 0 Å². The fourth-order valence-corrected chi connectivity index (χ4v) is 8.78. The Hall–Kier alpha value is -2.26. The van der Waals surface area contributed by atoms with Crippen LogP contribution in [0, 0.1) is 28.6 Å². The van der Waals surface area contributed by atoms with E-state index in [2.05, 4.69) is 0 Å². The van der Waals surface area contributed by atoms with E-state index in [1.165, 1.54) is 6.92 Å². The minimum Gasteiger partial charge on any atom is -0.457 e. The zero-order chi connectivity index (χ0) is 28.7. The summed E-state index contributed by atoms with van der Waals surface area (Å²) in [5.74, 6) is -2.38. The van der Waals surface area contributed by atoms with Crippen LogP contribution in [0.2, 0.25) is 0 Å². The molecule has 0 aromatic heterocycles. The Morgan fingerprint density at radius 3 is 2.31 bits per heavy atom. The highest BCUT2D eigenvalue weighted by Crippen LogP contribution is 2.69. The highest BCUT2D eigenvalue weighted by Gasteiger charge is 2.77. The molecular formula is C31H42O8. The number of hydrogen-bond donors (Lipinski definition) is 3. The van der Waals surface area contributed by atoms with Gasteiger partial charge in [-0.1, -0.05) is 44.5 Å². The number of rotatable bonds is 4. The molecule has 3 aliphatic carbocycles. The first-order valence-electron chi connectivity index (χ1n) is 14.0. The van der Waals surface area contributed by atoms with Gasteiger partial charge in [-0.25, -0.2) is 4.79 Å². The number of esters is 2. The van der Waals surface area contributed by atoms with E-state index in [-0.39, 0.29) is 18.9 Å². The van der Waals surface area contributed by atoms with Crippen molar-refractivity contribution in [3.8, 4) is 0 Å². The largest absolute Gasteiger partial charge is 0.457 e. The van der Waals surface area contributed by atoms with Gasteiger partial charge in [-0.2, -0.15) is 0 Å². The molecule has 0 amide bonds. The summed E-state index contributed by atoms with van der Waals surface area (Å²) in [5, 5.41) is 35.6. The van der Waals surface area contributed by atoms with Crippen LogP contribution in [0.15, 0.2) is 41.5 Å². The maximum atomic E-state index is 13.8. The fourth-order valence-electron chi connectivity index (χ4n) is 8.78. The Balaban J connectivity index is 1.83. The third kappa shape index (κ3) is 3.71. The number of benzene rings is 1. The molecule has 5 rings (SSSR count). The lowest BCUT2D eigenvalue weighted by atomic mass is 9.47. The Morgan fingerprint density at radius 2 is 1.77 bits per heavy atom. The molecule has 3 N–H and O–H groups in total. The van der Waals surface area contributed by atoms with Crippen LogP contribution in [0.25, 0.3) is 0 Å². The molecule has 214 valence electrons. The molecular weight excluding hydrogens is 500 g/mol. The van der Waals surface area contributed by atoms with Crippen LogP contribution in [0.4, 0.5) is 0 Å². The molecule has 3 fully saturated rings. The predicted molar refractivity (Wildman–Crippen MR) is 142 cm³/mol. The fraction of sp³-hybridized carbons (Fsp3) is 0.677. The Kier molecular flexibility index (Phi) is 6.62. The van der Waals surface area contributed by atoms with Gasteiger partial charge >= 0.3 is 11.9 Å². The molecule has 0 radical (unpaired) electrons. The van der Waals surface area contributed by atoms with Crippen molar-refractivity contribution in [2.75, 3.05) is 6.61 Å². The van der Waals surface area contributed by atoms with E-state index in [0.717, 1.165) is 0 Å². The lowest BCUT2D eigenvalue weighted by Gasteiger charge is -2.66. The third-order valence-electron chi connectivity index (χ3n) is 10.8. The van der Waals surface area contributed by atoms with Crippen LogP contribution < -0.4 is 0 Å². The molecule has 10 atom stereocenters. The van der Waals surface area contributed by atoms with E-state index >= 15 is 0 Å². The molecule has 0 unspecified atom stereocenters. The summed E-state index contributed by atoms with van der Waals surface area (Å²) < 4.78 is 18.7. The highest BCUT2D eigenvalue weighted by molar-refractivity contribution is 5.89. The van der Waals surface area contributed by atoms with E-state index < -0.39 is 70.2 Å². The monoisotopic (exact) mass is 542 g/mol. The topological polar surface area (TPSA) is 123 Å². The number of carbonyl (C=O) groups is 2. The number of aliphatic hydroxyl groups excluding tert-OH is 2. The molecule has 2 saturated carbocycles. The Morgan fingerprint density at radius 1 is 1.13 bits per heavy atom. The van der Waals surface area contributed by atoms with Crippen molar-refractivity contribution in [3.63, 3.8) is 0 Å². The molecule has 8 heteroatoms. The molecule has 8 nitrogen and oxygen atoms in total. The van der Waals surface area contributed by atoms with Gasteiger partial charge in [-0.05, 0) is 57.2 Å². The molecule has 1 aromatic rings. The first-order chi connectivity index (χ1) is 18.1. The van der Waals surface area contributed by atoms with Gasteiger partial charge in [-0.15, -0.1) is 0 Å². The minimum absolute atomic E-state index is 0.0905. The van der Waals surface area contributed by atoms with E-state index in [1.807, 2.05) is 33.8 Å². The molecule has 0 spiro atoms. The summed E-state index contributed by atoms with van der Waals surface area (Å²) in [6.45, 7) is 12.6. The van der Waals surface area contributed by atoms with Gasteiger partial charge in [0, 0.05) is 24.2 Å². The zero-order valence-electron chi connectivity index (χ0n) is 23.9. The second kappa shape index (κ2) is 9.13. The minimum atomic E-state index is -1.49. The Bertz CT molecular complexity index is 1190. The average molecular weight is 543 g/mol. The van der Waals surface area contributed by atoms with Crippen molar-refractivity contribution in [2.45, 2.75) is 96.9 Å². The quantitative estimate of drug-likeness (QED) is 0.391. The van der Waals surface area contributed by atoms with Gasteiger partial charge < -0.3 is 29.5 Å². The second-order valence-electron chi connectivity index (χ2n) is 13.1. The zero-order valence-corrected chi connectivity index (χ0v) is 23.9. The maximum absolute atomic E-state index is 13.8. The molecule has 1 saturated heterocycles. The van der Waals surface area contributed by atoms with E-state index in [0.29, 0.717) is 23.1 Å². The molecule has 39 heavy (non-hydrogen) atoms. The normalized spacial score (nSPS) is 43.4. The Labute approximate surface area is 230 Å². The predicted octanol–water partition coefficient (Wildman–Crippen LogP) is 3.42. The SMILES string of the molecule is CC(=O)O[C@@]12CO[C@@H]1C[C@H](C)[C@]1(C)[C@@H]2[C@H](OC(=O)c2ccccc2)[C@]2(C(C)(C)O)C[C@H](O)C(C)=C2[C@H](C)[C@@H]1O. The average Bonchev–Trinajstić information content (AvgIpc) is 3.11. The summed E-state index contributed by atoms with van der Waals surface area (Å²) in [4.78, 5) is 26.4. The van der Waals surface area contributed by atoms with Gasteiger partial charge in [0.1, 0.15) is 12.2 Å². The lowest BCUT2D eigenvalue weighted by molar-refractivity contribution is -0.343. The van der Waals surface area contributed by atoms with Crippen molar-refractivity contribution in [1.29, 1.82) is 0 Å². The summed E-state index contributed by atoms with van der Waals surface area (Å²) in [7, 11) is 0. The number of fused-ring (bicyclic) bond motifs is 4.